The predicted molar refractivity (Wildman–Crippen MR) is 46.4 cm³/mol. The Morgan fingerprint density at radius 3 is 2.64 bits per heavy atom. The van der Waals surface area contributed by atoms with E-state index in [-0.39, 0.29) is 0 Å². The molecule has 0 bridgehead atoms. The van der Waals surface area contributed by atoms with Crippen molar-refractivity contribution in [3.8, 4) is 11.1 Å². The smallest absolute Gasteiger partial charge is 0.0449 e. The average Bonchev–Trinajstić information content (AvgIpc) is 2.58. The molecule has 0 unspecified atom stereocenters. The molecule has 2 heteroatoms. The van der Waals surface area contributed by atoms with Crippen LogP contribution in [0.5, 0.6) is 0 Å². The zero-order chi connectivity index (χ0) is 7.52. The molecule has 2 heterocycles. The maximum absolute atomic E-state index is 3.95. The quantitative estimate of drug-likeness (QED) is 0.625. The van der Waals surface area contributed by atoms with Gasteiger partial charge >= 0.3 is 0 Å². The lowest BCUT2D eigenvalue weighted by molar-refractivity contribution is 1.33. The zero-order valence-electron chi connectivity index (χ0n) is 5.82. The molecule has 0 aliphatic carbocycles. The van der Waals surface area contributed by atoms with E-state index in [1.165, 1.54) is 11.1 Å². The van der Waals surface area contributed by atoms with Gasteiger partial charge < -0.3 is 0 Å². The molecule has 0 saturated carbocycles. The fourth-order valence-corrected chi connectivity index (χ4v) is 1.52. The monoisotopic (exact) mass is 160 g/mol. The maximum Gasteiger partial charge on any atom is 0.0449 e. The summed E-state index contributed by atoms with van der Waals surface area (Å²) in [5, 5.41) is 5.13. The first-order valence-electron chi connectivity index (χ1n) is 3.32. The first-order chi connectivity index (χ1) is 5.47. The predicted octanol–water partition coefficient (Wildman–Crippen LogP) is 2.61. The maximum atomic E-state index is 3.95. The lowest BCUT2D eigenvalue weighted by atomic mass is 10.1. The van der Waals surface area contributed by atoms with E-state index >= 15 is 0 Å². The number of rotatable bonds is 1. The largest absolute Gasteiger partial charge is 0.265 e. The number of hydrogen-bond donors (Lipinski definition) is 0. The third-order valence-electron chi connectivity index (χ3n) is 1.48. The third-order valence-corrected chi connectivity index (χ3v) is 2.11. The van der Waals surface area contributed by atoms with E-state index < -0.39 is 0 Å². The molecular weight excluding hydrogens is 154 g/mol. The first-order valence-corrected chi connectivity index (χ1v) is 4.20. The van der Waals surface area contributed by atoms with Crippen LogP contribution in [-0.2, 0) is 0 Å². The molecule has 1 nitrogen and oxygen atoms in total. The van der Waals surface area contributed by atoms with Gasteiger partial charge in [-0.05, 0) is 34.7 Å². The second-order valence-corrected chi connectivity index (χ2v) is 2.90. The van der Waals surface area contributed by atoms with Gasteiger partial charge in [-0.25, -0.2) is 0 Å². The molecule has 53 valence electrons. The minimum absolute atomic E-state index is 1.21. The van der Waals surface area contributed by atoms with E-state index in [2.05, 4.69) is 15.7 Å². The Morgan fingerprint density at radius 1 is 1.18 bits per heavy atom. The molecule has 0 saturated heterocycles. The molecule has 2 aromatic heterocycles. The lowest BCUT2D eigenvalue weighted by Crippen LogP contribution is -1.72. The van der Waals surface area contributed by atoms with E-state index in [4.69, 9.17) is 0 Å². The van der Waals surface area contributed by atoms with Gasteiger partial charge in [0.15, 0.2) is 0 Å². The Kier molecular flexibility index (Phi) is 1.69. The highest BCUT2D eigenvalue weighted by molar-refractivity contribution is 7.07. The minimum atomic E-state index is 1.21. The molecule has 0 spiro atoms. The van der Waals surface area contributed by atoms with Crippen molar-refractivity contribution in [1.82, 2.24) is 4.98 Å². The van der Waals surface area contributed by atoms with E-state index in [1.807, 2.05) is 18.2 Å². The lowest BCUT2D eigenvalue weighted by Gasteiger charge is -1.93. The van der Waals surface area contributed by atoms with Crippen LogP contribution in [0.15, 0.2) is 36.0 Å². The molecule has 0 fully saturated rings. The summed E-state index contributed by atoms with van der Waals surface area (Å²) < 4.78 is 0. The fraction of sp³-hybridized carbons (Fsp3) is 0. The normalized spacial score (nSPS) is 9.82. The van der Waals surface area contributed by atoms with Crippen LogP contribution in [-0.4, -0.2) is 4.98 Å². The van der Waals surface area contributed by atoms with Gasteiger partial charge in [0.05, 0.1) is 0 Å². The van der Waals surface area contributed by atoms with Gasteiger partial charge in [-0.3, -0.25) is 4.98 Å². The number of hydrogen-bond acceptors (Lipinski definition) is 2. The van der Waals surface area contributed by atoms with Gasteiger partial charge in [-0.2, -0.15) is 0 Å². The second-order valence-electron chi connectivity index (χ2n) is 2.19. The van der Waals surface area contributed by atoms with Crippen molar-refractivity contribution in [3.63, 3.8) is 0 Å². The Labute approximate surface area is 69.3 Å². The molecule has 2 rings (SSSR count). The van der Waals surface area contributed by atoms with Crippen molar-refractivity contribution in [3.05, 3.63) is 41.4 Å². The molecule has 1 radical (unpaired) electrons. The van der Waals surface area contributed by atoms with Crippen LogP contribution in [0.4, 0.5) is 0 Å². The Hall–Kier alpha value is -1.15. The van der Waals surface area contributed by atoms with Crippen molar-refractivity contribution in [2.24, 2.45) is 0 Å². The number of thiophene rings is 1. The van der Waals surface area contributed by atoms with Crippen LogP contribution in [0, 0.1) is 5.38 Å². The van der Waals surface area contributed by atoms with Gasteiger partial charge in [0, 0.05) is 17.8 Å². The Balaban J connectivity index is 2.46. The van der Waals surface area contributed by atoms with Gasteiger partial charge in [0.25, 0.3) is 0 Å². The molecule has 0 atom stereocenters. The van der Waals surface area contributed by atoms with Crippen LogP contribution >= 0.6 is 11.3 Å². The van der Waals surface area contributed by atoms with Crippen LogP contribution < -0.4 is 0 Å². The van der Waals surface area contributed by atoms with E-state index in [0.717, 1.165) is 0 Å². The first kappa shape index (κ1) is 6.55. The SMILES string of the molecule is [c]1cc(-c2ccncc2)cs1. The fourth-order valence-electron chi connectivity index (χ4n) is 0.925. The summed E-state index contributed by atoms with van der Waals surface area (Å²) in [5.74, 6) is 0. The summed E-state index contributed by atoms with van der Waals surface area (Å²) in [6.45, 7) is 0. The van der Waals surface area contributed by atoms with E-state index in [9.17, 15) is 0 Å². The summed E-state index contributed by atoms with van der Waals surface area (Å²) in [5.41, 5.74) is 2.43. The van der Waals surface area contributed by atoms with Gasteiger partial charge in [0.1, 0.15) is 0 Å². The molecule has 0 N–H and O–H groups in total. The Morgan fingerprint density at radius 2 is 2.00 bits per heavy atom. The Bertz CT molecular complexity index is 313. The summed E-state index contributed by atoms with van der Waals surface area (Å²) >= 11 is 1.59. The number of aromatic nitrogens is 1. The van der Waals surface area contributed by atoms with Crippen LogP contribution in [0.1, 0.15) is 0 Å². The molecular formula is C9H6NS. The minimum Gasteiger partial charge on any atom is -0.265 e. The zero-order valence-corrected chi connectivity index (χ0v) is 6.64. The highest BCUT2D eigenvalue weighted by Crippen LogP contribution is 2.19. The summed E-state index contributed by atoms with van der Waals surface area (Å²) in [4.78, 5) is 3.95. The van der Waals surface area contributed by atoms with E-state index in [1.54, 1.807) is 23.7 Å². The molecule has 0 amide bonds. The highest BCUT2D eigenvalue weighted by atomic mass is 32.1. The third kappa shape index (κ3) is 1.30. The average molecular weight is 160 g/mol. The second kappa shape index (κ2) is 2.84. The molecule has 11 heavy (non-hydrogen) atoms. The summed E-state index contributed by atoms with van der Waals surface area (Å²) in [6, 6.07) is 5.98. The van der Waals surface area contributed by atoms with Crippen molar-refractivity contribution in [1.29, 1.82) is 0 Å². The molecule has 0 aliphatic rings. The summed E-state index contributed by atoms with van der Waals surface area (Å²) in [6.07, 6.45) is 3.60. The van der Waals surface area contributed by atoms with Crippen molar-refractivity contribution in [2.45, 2.75) is 0 Å². The van der Waals surface area contributed by atoms with Gasteiger partial charge in [-0.15, -0.1) is 11.3 Å². The standard InChI is InChI=1S/C9H6NS/c1-4-10-5-2-8(1)9-3-6-11-7-9/h1-5,7H. The van der Waals surface area contributed by atoms with Crippen LogP contribution in [0.2, 0.25) is 0 Å². The number of pyridine rings is 1. The van der Waals surface area contributed by atoms with Crippen molar-refractivity contribution < 1.29 is 0 Å². The number of nitrogens with zero attached hydrogens (tertiary/aromatic N) is 1. The molecule has 0 aliphatic heterocycles. The van der Waals surface area contributed by atoms with Gasteiger partial charge in [0.2, 0.25) is 0 Å². The van der Waals surface area contributed by atoms with Crippen molar-refractivity contribution in [2.75, 3.05) is 0 Å². The van der Waals surface area contributed by atoms with Crippen LogP contribution in [0.3, 0.4) is 0 Å². The topological polar surface area (TPSA) is 12.9 Å². The van der Waals surface area contributed by atoms with Gasteiger partial charge in [-0.1, -0.05) is 0 Å². The van der Waals surface area contributed by atoms with E-state index in [0.29, 0.717) is 0 Å². The molecule has 2 aromatic rings. The highest BCUT2D eigenvalue weighted by Gasteiger charge is 1.94. The van der Waals surface area contributed by atoms with Crippen LogP contribution in [0.25, 0.3) is 11.1 Å². The summed E-state index contributed by atoms with van der Waals surface area (Å²) in [7, 11) is 0. The molecule has 0 aromatic carbocycles. The van der Waals surface area contributed by atoms with Crippen molar-refractivity contribution >= 4 is 11.3 Å².